The minimum Gasteiger partial charge on any atom is -0.457 e. The summed E-state index contributed by atoms with van der Waals surface area (Å²) < 4.78 is 8.42. The van der Waals surface area contributed by atoms with Gasteiger partial charge in [0, 0.05) is 28.9 Å². The summed E-state index contributed by atoms with van der Waals surface area (Å²) >= 11 is 7.70. The minimum absolute atomic E-state index is 0.0933. The molecule has 10 heteroatoms. The molecule has 4 aromatic rings. The van der Waals surface area contributed by atoms with Crippen molar-refractivity contribution in [3.8, 4) is 0 Å². The molecule has 0 bridgehead atoms. The number of imidazole rings is 1. The van der Waals surface area contributed by atoms with Gasteiger partial charge in [0.15, 0.2) is 11.2 Å². The third kappa shape index (κ3) is 4.69. The number of thioether (sulfide) groups is 1. The molecule has 0 aliphatic carbocycles. The van der Waals surface area contributed by atoms with E-state index in [1.54, 1.807) is 11.6 Å². The van der Waals surface area contributed by atoms with E-state index in [1.165, 1.54) is 16.3 Å². The van der Waals surface area contributed by atoms with Gasteiger partial charge in [-0.3, -0.25) is 19.1 Å². The SMILES string of the molecule is CCCCn1c(=O)[nH]c(=O)c2c1nc(COC(=O)CSc1cccc3cccc(Cl)c13)n2C. The van der Waals surface area contributed by atoms with Crippen LogP contribution in [0.1, 0.15) is 25.6 Å². The van der Waals surface area contributed by atoms with Crippen LogP contribution < -0.4 is 11.2 Å². The van der Waals surface area contributed by atoms with Gasteiger partial charge in [0.2, 0.25) is 0 Å². The van der Waals surface area contributed by atoms with Crippen LogP contribution in [0.25, 0.3) is 21.9 Å². The van der Waals surface area contributed by atoms with Gasteiger partial charge in [0.25, 0.3) is 5.56 Å². The smallest absolute Gasteiger partial charge is 0.330 e. The fourth-order valence-corrected chi connectivity index (χ4v) is 4.89. The number of esters is 1. The summed E-state index contributed by atoms with van der Waals surface area (Å²) in [4.78, 5) is 44.7. The van der Waals surface area contributed by atoms with Crippen molar-refractivity contribution < 1.29 is 9.53 Å². The van der Waals surface area contributed by atoms with E-state index in [2.05, 4.69) is 9.97 Å². The number of ether oxygens (including phenoxy) is 1. The Morgan fingerprint density at radius 3 is 2.73 bits per heavy atom. The predicted octanol–water partition coefficient (Wildman–Crippen LogP) is 3.87. The Labute approximate surface area is 198 Å². The minimum atomic E-state index is -0.515. The number of aromatic amines is 1. The van der Waals surface area contributed by atoms with Crippen LogP contribution in [0.4, 0.5) is 0 Å². The highest BCUT2D eigenvalue weighted by Gasteiger charge is 2.18. The summed E-state index contributed by atoms with van der Waals surface area (Å²) in [5.74, 6) is 0.0575. The van der Waals surface area contributed by atoms with E-state index in [0.717, 1.165) is 28.5 Å². The van der Waals surface area contributed by atoms with Crippen LogP contribution in [-0.4, -0.2) is 30.8 Å². The third-order valence-electron chi connectivity index (χ3n) is 5.36. The Morgan fingerprint density at radius 2 is 1.97 bits per heavy atom. The molecule has 1 N–H and O–H groups in total. The lowest BCUT2D eigenvalue weighted by Gasteiger charge is -2.08. The monoisotopic (exact) mass is 486 g/mol. The van der Waals surface area contributed by atoms with Gasteiger partial charge in [0.05, 0.1) is 5.75 Å². The molecule has 0 amide bonds. The standard InChI is InChI=1S/C23H23ClN4O4S/c1-3-4-11-28-21-20(22(30)26-23(28)31)27(2)17(25-21)12-32-18(29)13-33-16-10-6-8-14-7-5-9-15(24)19(14)16/h5-10H,3-4,11-13H2,1-2H3,(H,26,30,31). The zero-order valence-corrected chi connectivity index (χ0v) is 19.8. The second kappa shape index (κ2) is 9.84. The number of hydrogen-bond donors (Lipinski definition) is 1. The zero-order valence-electron chi connectivity index (χ0n) is 18.3. The zero-order chi connectivity index (χ0) is 23.5. The molecule has 0 aliphatic rings. The van der Waals surface area contributed by atoms with Crippen molar-refractivity contribution in [1.82, 2.24) is 19.1 Å². The average Bonchev–Trinajstić information content (AvgIpc) is 3.12. The molecule has 2 aromatic carbocycles. The second-order valence-electron chi connectivity index (χ2n) is 7.57. The van der Waals surface area contributed by atoms with Crippen molar-refractivity contribution in [3.05, 3.63) is 68.1 Å². The van der Waals surface area contributed by atoms with Crippen LogP contribution in [0, 0.1) is 0 Å². The molecule has 0 spiro atoms. The highest BCUT2D eigenvalue weighted by molar-refractivity contribution is 8.00. The number of aryl methyl sites for hydroxylation is 2. The molecule has 33 heavy (non-hydrogen) atoms. The summed E-state index contributed by atoms with van der Waals surface area (Å²) in [6.45, 7) is 2.35. The van der Waals surface area contributed by atoms with Gasteiger partial charge in [0.1, 0.15) is 12.4 Å². The van der Waals surface area contributed by atoms with Gasteiger partial charge in [-0.25, -0.2) is 9.78 Å². The van der Waals surface area contributed by atoms with Crippen molar-refractivity contribution in [2.75, 3.05) is 5.75 Å². The van der Waals surface area contributed by atoms with Crippen LogP contribution >= 0.6 is 23.4 Å². The first-order chi connectivity index (χ1) is 15.9. The second-order valence-corrected chi connectivity index (χ2v) is 8.99. The Bertz CT molecular complexity index is 1450. The van der Waals surface area contributed by atoms with E-state index in [-0.39, 0.29) is 17.9 Å². The molecule has 0 fully saturated rings. The number of carbonyl (C=O) groups excluding carboxylic acids is 1. The van der Waals surface area contributed by atoms with E-state index in [4.69, 9.17) is 16.3 Å². The summed E-state index contributed by atoms with van der Waals surface area (Å²) in [5, 5.41) is 2.53. The Morgan fingerprint density at radius 1 is 1.21 bits per heavy atom. The lowest BCUT2D eigenvalue weighted by atomic mass is 10.1. The van der Waals surface area contributed by atoms with Gasteiger partial charge in [-0.1, -0.05) is 49.2 Å². The van der Waals surface area contributed by atoms with Crippen LogP contribution in [0.15, 0.2) is 50.9 Å². The number of carbonyl (C=O) groups is 1. The lowest BCUT2D eigenvalue weighted by molar-refractivity contribution is -0.141. The summed E-state index contributed by atoms with van der Waals surface area (Å²) in [5.41, 5.74) is -0.437. The molecular weight excluding hydrogens is 464 g/mol. The van der Waals surface area contributed by atoms with Crippen molar-refractivity contribution in [3.63, 3.8) is 0 Å². The Hall–Kier alpha value is -3.04. The molecule has 2 aromatic heterocycles. The third-order valence-corrected chi connectivity index (χ3v) is 6.71. The molecule has 0 radical (unpaired) electrons. The van der Waals surface area contributed by atoms with E-state index >= 15 is 0 Å². The quantitative estimate of drug-likeness (QED) is 0.300. The van der Waals surface area contributed by atoms with Crippen LogP contribution in [0.2, 0.25) is 5.02 Å². The molecule has 0 atom stereocenters. The van der Waals surface area contributed by atoms with Crippen molar-refractivity contribution >= 4 is 51.3 Å². The van der Waals surface area contributed by atoms with Crippen molar-refractivity contribution in [1.29, 1.82) is 0 Å². The first-order valence-electron chi connectivity index (χ1n) is 10.5. The number of halogens is 1. The maximum atomic E-state index is 12.4. The Kier molecular flexibility index (Phi) is 6.90. The maximum absolute atomic E-state index is 12.4. The molecule has 0 saturated carbocycles. The number of H-pyrrole nitrogens is 1. The number of aromatic nitrogens is 4. The van der Waals surface area contributed by atoms with E-state index in [9.17, 15) is 14.4 Å². The largest absolute Gasteiger partial charge is 0.457 e. The number of unbranched alkanes of at least 4 members (excludes halogenated alkanes) is 1. The van der Waals surface area contributed by atoms with Crippen LogP contribution in [0.5, 0.6) is 0 Å². The lowest BCUT2D eigenvalue weighted by Crippen LogP contribution is -2.31. The molecule has 8 nitrogen and oxygen atoms in total. The highest BCUT2D eigenvalue weighted by Crippen LogP contribution is 2.33. The van der Waals surface area contributed by atoms with Gasteiger partial charge in [-0.15, -0.1) is 11.8 Å². The molecule has 4 rings (SSSR count). The fraction of sp³-hybridized carbons (Fsp3) is 0.304. The summed E-state index contributed by atoms with van der Waals surface area (Å²) in [7, 11) is 1.66. The van der Waals surface area contributed by atoms with Crippen LogP contribution in [-0.2, 0) is 29.7 Å². The summed E-state index contributed by atoms with van der Waals surface area (Å²) in [6.07, 6.45) is 1.67. The van der Waals surface area contributed by atoms with Gasteiger partial charge < -0.3 is 9.30 Å². The highest BCUT2D eigenvalue weighted by atomic mass is 35.5. The van der Waals surface area contributed by atoms with Gasteiger partial charge in [-0.05, 0) is 23.9 Å². The molecule has 172 valence electrons. The van der Waals surface area contributed by atoms with E-state index in [0.29, 0.717) is 23.0 Å². The van der Waals surface area contributed by atoms with Gasteiger partial charge >= 0.3 is 11.7 Å². The number of benzene rings is 2. The number of nitrogens with zero attached hydrogens (tertiary/aromatic N) is 3. The normalized spacial score (nSPS) is 11.4. The molecule has 0 unspecified atom stereocenters. The molecule has 0 aliphatic heterocycles. The number of nitrogens with one attached hydrogen (secondary N) is 1. The number of rotatable bonds is 8. The van der Waals surface area contributed by atoms with Crippen molar-refractivity contribution in [2.24, 2.45) is 7.05 Å². The average molecular weight is 487 g/mol. The van der Waals surface area contributed by atoms with Gasteiger partial charge in [-0.2, -0.15) is 0 Å². The summed E-state index contributed by atoms with van der Waals surface area (Å²) in [6, 6.07) is 11.5. The van der Waals surface area contributed by atoms with E-state index < -0.39 is 17.2 Å². The Balaban J connectivity index is 1.49. The first-order valence-corrected chi connectivity index (χ1v) is 11.9. The molecular formula is C23H23ClN4O4S. The van der Waals surface area contributed by atoms with Crippen LogP contribution in [0.3, 0.4) is 0 Å². The maximum Gasteiger partial charge on any atom is 0.330 e. The van der Waals surface area contributed by atoms with Crippen molar-refractivity contribution in [2.45, 2.75) is 37.8 Å². The predicted molar refractivity (Wildman–Crippen MR) is 130 cm³/mol. The number of hydrogen-bond acceptors (Lipinski definition) is 6. The fourth-order valence-electron chi connectivity index (χ4n) is 3.65. The number of fused-ring (bicyclic) bond motifs is 2. The molecule has 0 saturated heterocycles. The topological polar surface area (TPSA) is 99.0 Å². The molecule has 2 heterocycles. The van der Waals surface area contributed by atoms with E-state index in [1.807, 2.05) is 43.3 Å². The first kappa shape index (κ1) is 23.1.